The van der Waals surface area contributed by atoms with Crippen LogP contribution in [0.5, 0.6) is 11.5 Å². The van der Waals surface area contributed by atoms with Crippen LogP contribution >= 0.6 is 0 Å². The minimum absolute atomic E-state index is 0.0276. The molecule has 0 unspecified atom stereocenters. The van der Waals surface area contributed by atoms with E-state index in [0.29, 0.717) is 40.2 Å². The van der Waals surface area contributed by atoms with Crippen molar-refractivity contribution in [2.45, 2.75) is 109 Å². The summed E-state index contributed by atoms with van der Waals surface area (Å²) in [4.78, 5) is 66.2. The van der Waals surface area contributed by atoms with Crippen molar-refractivity contribution in [3.8, 4) is 22.9 Å². The first-order valence-electron chi connectivity index (χ1n) is 19.2. The van der Waals surface area contributed by atoms with E-state index in [1.807, 2.05) is 30.3 Å². The smallest absolute Gasteiger partial charge is 0.408 e. The fourth-order valence-electron chi connectivity index (χ4n) is 7.50. The fourth-order valence-corrected chi connectivity index (χ4v) is 7.50. The molecule has 0 bridgehead atoms. The van der Waals surface area contributed by atoms with Crippen LogP contribution in [0.2, 0.25) is 0 Å². The number of fused-ring (bicyclic) bond motifs is 2. The zero-order valence-corrected chi connectivity index (χ0v) is 32.9. The van der Waals surface area contributed by atoms with Gasteiger partial charge in [-0.2, -0.15) is 0 Å². The highest BCUT2D eigenvalue weighted by atomic mass is 16.6. The monoisotopic (exact) mass is 755 g/mol. The fraction of sp³-hybridized carbons (Fsp3) is 0.524. The molecule has 3 heterocycles. The molecule has 1 saturated heterocycles. The van der Waals surface area contributed by atoms with Crippen molar-refractivity contribution in [3.63, 3.8) is 0 Å². The number of nitrogens with zero attached hydrogens (tertiary/aromatic N) is 3. The number of carbonyl (C=O) groups is 4. The normalized spacial score (nSPS) is 22.3. The van der Waals surface area contributed by atoms with Gasteiger partial charge in [0.05, 0.1) is 37.2 Å². The predicted octanol–water partition coefficient (Wildman–Crippen LogP) is 5.71. The number of ether oxygens (including phenoxy) is 4. The summed E-state index contributed by atoms with van der Waals surface area (Å²) in [6, 6.07) is 9.43. The number of methoxy groups -OCH3 is 1. The Labute approximate surface area is 322 Å². The Morgan fingerprint density at radius 1 is 1.05 bits per heavy atom. The minimum Gasteiger partial charge on any atom is -0.497 e. The number of hydrogen-bond donors (Lipinski definition) is 2. The number of esters is 1. The molecule has 3 aliphatic rings. The molecule has 0 spiro atoms. The molecule has 13 heteroatoms. The zero-order valence-electron chi connectivity index (χ0n) is 32.9. The van der Waals surface area contributed by atoms with Gasteiger partial charge in [0.15, 0.2) is 0 Å². The molecule has 55 heavy (non-hydrogen) atoms. The Kier molecular flexibility index (Phi) is 11.4. The average molecular weight is 756 g/mol. The van der Waals surface area contributed by atoms with Crippen LogP contribution in [-0.4, -0.2) is 88.3 Å². The third kappa shape index (κ3) is 8.55. The molecule has 0 radical (unpaired) electrons. The van der Waals surface area contributed by atoms with Crippen LogP contribution in [0.1, 0.15) is 78.5 Å². The summed E-state index contributed by atoms with van der Waals surface area (Å²) >= 11 is 0. The topological polar surface area (TPSA) is 158 Å². The lowest BCUT2D eigenvalue weighted by molar-refractivity contribution is -0.150. The molecular weight excluding hydrogens is 702 g/mol. The highest BCUT2D eigenvalue weighted by molar-refractivity contribution is 5.97. The molecule has 1 saturated carbocycles. The van der Waals surface area contributed by atoms with E-state index >= 15 is 0 Å². The largest absolute Gasteiger partial charge is 0.497 e. The molecule has 1 aromatic carbocycles. The zero-order chi connectivity index (χ0) is 39.7. The molecular formula is C42H53N5O8. The number of hydrogen-bond acceptors (Lipinski definition) is 10. The standard InChI is InChI=1S/C42H53N5O8/c1-9-26-22-42(26,39(50)53-10-2)46-37(48)34-20-28(23-47(34)38(49)36(24(3)4)45-40(51)55-41(5,6)7)54-35-21-33(44-32-19-27(52-8)16-17-29(32)35)31-18-15-25-13-11-12-14-30(25)43-31/h9,15-19,21,24,26,28,34,36H,1,10-14,20,22-23H2,2-8H3,(H,45,51)(H,46,48)/t26-,28-,34+,36+,42-/m1/s1. The van der Waals surface area contributed by atoms with E-state index in [9.17, 15) is 19.2 Å². The van der Waals surface area contributed by atoms with Crippen LogP contribution in [0.4, 0.5) is 4.79 Å². The Morgan fingerprint density at radius 2 is 1.82 bits per heavy atom. The van der Waals surface area contributed by atoms with E-state index < -0.39 is 53.2 Å². The number of nitrogens with one attached hydrogen (secondary N) is 2. The van der Waals surface area contributed by atoms with Crippen molar-refractivity contribution < 1.29 is 38.1 Å². The average Bonchev–Trinajstić information content (AvgIpc) is 3.70. The van der Waals surface area contributed by atoms with Crippen molar-refractivity contribution in [3.05, 3.63) is 60.3 Å². The second kappa shape index (κ2) is 15.9. The van der Waals surface area contributed by atoms with Gasteiger partial charge in [-0.15, -0.1) is 6.58 Å². The second-order valence-electron chi connectivity index (χ2n) is 16.0. The summed E-state index contributed by atoms with van der Waals surface area (Å²) in [6.45, 7) is 14.5. The number of amides is 3. The summed E-state index contributed by atoms with van der Waals surface area (Å²) in [5.41, 5.74) is 2.24. The van der Waals surface area contributed by atoms with E-state index in [0.717, 1.165) is 31.4 Å². The number of rotatable bonds is 12. The van der Waals surface area contributed by atoms with E-state index in [4.69, 9.17) is 28.9 Å². The highest BCUT2D eigenvalue weighted by Gasteiger charge is 2.62. The summed E-state index contributed by atoms with van der Waals surface area (Å²) < 4.78 is 23.1. The lowest BCUT2D eigenvalue weighted by atomic mass is 9.95. The third-order valence-corrected chi connectivity index (χ3v) is 10.5. The molecule has 294 valence electrons. The number of alkyl carbamates (subject to hydrolysis) is 1. The lowest BCUT2D eigenvalue weighted by Gasteiger charge is -2.31. The quantitative estimate of drug-likeness (QED) is 0.173. The number of likely N-dealkylation sites (tertiary alicyclic amines) is 1. The van der Waals surface area contributed by atoms with Gasteiger partial charge in [0, 0.05) is 35.6 Å². The second-order valence-corrected chi connectivity index (χ2v) is 16.0. The molecule has 3 aromatic rings. The van der Waals surface area contributed by atoms with E-state index in [1.54, 1.807) is 54.7 Å². The van der Waals surface area contributed by atoms with Crippen molar-refractivity contribution >= 4 is 34.8 Å². The van der Waals surface area contributed by atoms with E-state index in [-0.39, 0.29) is 31.4 Å². The first-order valence-corrected chi connectivity index (χ1v) is 19.2. The first kappa shape index (κ1) is 39.5. The van der Waals surface area contributed by atoms with Gasteiger partial charge in [-0.25, -0.2) is 14.6 Å². The third-order valence-electron chi connectivity index (χ3n) is 10.5. The number of pyridine rings is 2. The van der Waals surface area contributed by atoms with Gasteiger partial charge in [-0.05, 0) is 89.5 Å². The number of aryl methyl sites for hydroxylation is 2. The van der Waals surface area contributed by atoms with Gasteiger partial charge >= 0.3 is 12.1 Å². The molecule has 5 atom stereocenters. The Balaban J connectivity index is 1.34. The van der Waals surface area contributed by atoms with Crippen LogP contribution in [0, 0.1) is 11.8 Å². The summed E-state index contributed by atoms with van der Waals surface area (Å²) in [6.07, 6.45) is 4.82. The van der Waals surface area contributed by atoms with Crippen LogP contribution in [0.3, 0.4) is 0 Å². The molecule has 2 N–H and O–H groups in total. The molecule has 13 nitrogen and oxygen atoms in total. The highest BCUT2D eigenvalue weighted by Crippen LogP contribution is 2.46. The molecule has 3 amide bonds. The van der Waals surface area contributed by atoms with Gasteiger partial charge < -0.3 is 34.5 Å². The Morgan fingerprint density at radius 3 is 2.49 bits per heavy atom. The van der Waals surface area contributed by atoms with Gasteiger partial charge in [-0.3, -0.25) is 14.6 Å². The number of benzene rings is 1. The molecule has 2 fully saturated rings. The maximum Gasteiger partial charge on any atom is 0.408 e. The van der Waals surface area contributed by atoms with Crippen LogP contribution in [0.25, 0.3) is 22.3 Å². The lowest BCUT2D eigenvalue weighted by Crippen LogP contribution is -2.57. The summed E-state index contributed by atoms with van der Waals surface area (Å²) in [5.74, 6) is -1.09. The van der Waals surface area contributed by atoms with Crippen LogP contribution in [-0.2, 0) is 36.7 Å². The van der Waals surface area contributed by atoms with Crippen molar-refractivity contribution in [1.29, 1.82) is 0 Å². The van der Waals surface area contributed by atoms with Gasteiger partial charge in [0.1, 0.15) is 40.8 Å². The van der Waals surface area contributed by atoms with Gasteiger partial charge in [-0.1, -0.05) is 26.0 Å². The molecule has 1 aliphatic heterocycles. The Hall–Kier alpha value is -5.20. The predicted molar refractivity (Wildman–Crippen MR) is 207 cm³/mol. The van der Waals surface area contributed by atoms with E-state index in [2.05, 4.69) is 23.3 Å². The number of aromatic nitrogens is 2. The van der Waals surface area contributed by atoms with Crippen LogP contribution < -0.4 is 20.1 Å². The van der Waals surface area contributed by atoms with Crippen molar-refractivity contribution in [2.75, 3.05) is 20.3 Å². The first-order chi connectivity index (χ1) is 26.2. The van der Waals surface area contributed by atoms with Gasteiger partial charge in [0.25, 0.3) is 0 Å². The minimum atomic E-state index is -1.27. The van der Waals surface area contributed by atoms with E-state index in [1.165, 1.54) is 10.5 Å². The van der Waals surface area contributed by atoms with Crippen molar-refractivity contribution in [1.82, 2.24) is 25.5 Å². The molecule has 6 rings (SSSR count). The Bertz CT molecular complexity index is 1970. The number of carbonyl (C=O) groups excluding carboxylic acids is 4. The summed E-state index contributed by atoms with van der Waals surface area (Å²) in [5, 5.41) is 6.37. The maximum atomic E-state index is 14.5. The summed E-state index contributed by atoms with van der Waals surface area (Å²) in [7, 11) is 1.59. The molecule has 2 aromatic heterocycles. The molecule has 2 aliphatic carbocycles. The van der Waals surface area contributed by atoms with Crippen LogP contribution in [0.15, 0.2) is 49.1 Å². The SMILES string of the molecule is C=C[C@@H]1C[C@]1(NC(=O)[C@@H]1C[C@@H](Oc2cc(-c3ccc4c(n3)CCCC4)nc3cc(OC)ccc23)CN1C(=O)[C@@H](NC(=O)OC(C)(C)C)C(C)C)C(=O)OCC. The maximum absolute atomic E-state index is 14.5. The van der Waals surface area contributed by atoms with Gasteiger partial charge in [0.2, 0.25) is 11.8 Å². The van der Waals surface area contributed by atoms with Crippen molar-refractivity contribution in [2.24, 2.45) is 11.8 Å².